The third-order valence-electron chi connectivity index (χ3n) is 3.62. The van der Waals surface area contributed by atoms with Crippen molar-refractivity contribution in [2.24, 2.45) is 0 Å². The van der Waals surface area contributed by atoms with Crippen LogP contribution in [0.3, 0.4) is 0 Å². The highest BCUT2D eigenvalue weighted by Gasteiger charge is 2.07. The Morgan fingerprint density at radius 2 is 1.72 bits per heavy atom. The number of esters is 1. The molecule has 0 bridgehead atoms. The lowest BCUT2D eigenvalue weighted by Crippen LogP contribution is -2.09. The number of hydrogen-bond acceptors (Lipinski definition) is 3. The first-order chi connectivity index (χ1) is 12.1. The number of ether oxygens (including phenoxy) is 1. The zero-order chi connectivity index (χ0) is 18.1. The summed E-state index contributed by atoms with van der Waals surface area (Å²) < 4.78 is 5.15. The SMILES string of the molecule is CCCCOC(=O)c1ccc(NC(=O)/C=C/c2ccc(C)cc2)cc1. The van der Waals surface area contributed by atoms with E-state index in [0.717, 1.165) is 18.4 Å². The summed E-state index contributed by atoms with van der Waals surface area (Å²) in [4.78, 5) is 23.8. The van der Waals surface area contributed by atoms with Crippen LogP contribution < -0.4 is 5.32 Å². The quantitative estimate of drug-likeness (QED) is 0.456. The molecule has 0 aromatic heterocycles. The van der Waals surface area contributed by atoms with Gasteiger partial charge in [-0.2, -0.15) is 0 Å². The van der Waals surface area contributed by atoms with Gasteiger partial charge >= 0.3 is 5.97 Å². The first kappa shape index (κ1) is 18.5. The van der Waals surface area contributed by atoms with Gasteiger partial charge in [0, 0.05) is 11.8 Å². The Kier molecular flexibility index (Phi) is 6.96. The molecule has 0 saturated carbocycles. The Morgan fingerprint density at radius 3 is 2.36 bits per heavy atom. The molecule has 0 heterocycles. The molecule has 1 amide bonds. The van der Waals surface area contributed by atoms with Gasteiger partial charge in [0.2, 0.25) is 5.91 Å². The number of aryl methyl sites for hydroxylation is 1. The highest BCUT2D eigenvalue weighted by Crippen LogP contribution is 2.11. The molecule has 4 nitrogen and oxygen atoms in total. The first-order valence-corrected chi connectivity index (χ1v) is 8.41. The van der Waals surface area contributed by atoms with Crippen LogP contribution >= 0.6 is 0 Å². The average Bonchev–Trinajstić information content (AvgIpc) is 2.62. The van der Waals surface area contributed by atoms with Crippen molar-refractivity contribution in [1.82, 2.24) is 0 Å². The predicted molar refractivity (Wildman–Crippen MR) is 100 cm³/mol. The van der Waals surface area contributed by atoms with Crippen molar-refractivity contribution >= 4 is 23.6 Å². The third kappa shape index (κ3) is 6.26. The lowest BCUT2D eigenvalue weighted by molar-refractivity contribution is -0.111. The van der Waals surface area contributed by atoms with E-state index < -0.39 is 0 Å². The van der Waals surface area contributed by atoms with Crippen molar-refractivity contribution in [3.8, 4) is 0 Å². The maximum absolute atomic E-state index is 12.0. The van der Waals surface area contributed by atoms with Gasteiger partial charge in [0.1, 0.15) is 0 Å². The lowest BCUT2D eigenvalue weighted by Gasteiger charge is -2.06. The summed E-state index contributed by atoms with van der Waals surface area (Å²) in [6, 6.07) is 14.6. The van der Waals surface area contributed by atoms with Crippen molar-refractivity contribution in [1.29, 1.82) is 0 Å². The van der Waals surface area contributed by atoms with Crippen LogP contribution in [0.15, 0.2) is 54.6 Å². The molecule has 0 saturated heterocycles. The summed E-state index contributed by atoms with van der Waals surface area (Å²) in [7, 11) is 0. The summed E-state index contributed by atoms with van der Waals surface area (Å²) >= 11 is 0. The molecule has 2 aromatic rings. The zero-order valence-corrected chi connectivity index (χ0v) is 14.6. The van der Waals surface area contributed by atoms with Crippen LogP contribution in [0.4, 0.5) is 5.69 Å². The Bertz CT molecular complexity index is 731. The summed E-state index contributed by atoms with van der Waals surface area (Å²) in [6.45, 7) is 4.49. The molecule has 4 heteroatoms. The van der Waals surface area contributed by atoms with E-state index in [1.54, 1.807) is 30.3 Å². The molecule has 0 fully saturated rings. The fourth-order valence-electron chi connectivity index (χ4n) is 2.12. The van der Waals surface area contributed by atoms with Gasteiger partial charge in [-0.05, 0) is 49.2 Å². The van der Waals surface area contributed by atoms with Gasteiger partial charge < -0.3 is 10.1 Å². The van der Waals surface area contributed by atoms with Gasteiger partial charge in [-0.1, -0.05) is 43.2 Å². The second-order valence-electron chi connectivity index (χ2n) is 5.80. The fourth-order valence-corrected chi connectivity index (χ4v) is 2.12. The number of nitrogens with one attached hydrogen (secondary N) is 1. The molecule has 0 spiro atoms. The number of amides is 1. The molecule has 1 N–H and O–H groups in total. The minimum atomic E-state index is -0.342. The number of hydrogen-bond donors (Lipinski definition) is 1. The molecule has 0 radical (unpaired) electrons. The molecule has 2 rings (SSSR count). The molecular formula is C21H23NO3. The van der Waals surface area contributed by atoms with Crippen molar-refractivity contribution < 1.29 is 14.3 Å². The van der Waals surface area contributed by atoms with E-state index in [2.05, 4.69) is 5.32 Å². The van der Waals surface area contributed by atoms with Crippen LogP contribution in [0.1, 0.15) is 41.3 Å². The summed E-state index contributed by atoms with van der Waals surface area (Å²) in [5.74, 6) is -0.565. The highest BCUT2D eigenvalue weighted by molar-refractivity contribution is 6.02. The molecule has 0 aliphatic carbocycles. The maximum atomic E-state index is 12.0. The van der Waals surface area contributed by atoms with Crippen LogP contribution in [-0.4, -0.2) is 18.5 Å². The predicted octanol–water partition coefficient (Wildman–Crippen LogP) is 4.60. The van der Waals surface area contributed by atoms with E-state index in [1.807, 2.05) is 38.1 Å². The van der Waals surface area contributed by atoms with Crippen LogP contribution in [-0.2, 0) is 9.53 Å². The molecule has 130 valence electrons. The molecule has 2 aromatic carbocycles. The van der Waals surface area contributed by atoms with Gasteiger partial charge in [-0.25, -0.2) is 4.79 Å². The number of carbonyl (C=O) groups is 2. The van der Waals surface area contributed by atoms with E-state index in [-0.39, 0.29) is 11.9 Å². The Balaban J connectivity index is 1.88. The minimum absolute atomic E-state index is 0.223. The number of benzene rings is 2. The number of anilines is 1. The third-order valence-corrected chi connectivity index (χ3v) is 3.62. The Morgan fingerprint density at radius 1 is 1.04 bits per heavy atom. The first-order valence-electron chi connectivity index (χ1n) is 8.41. The molecule has 0 atom stereocenters. The summed E-state index contributed by atoms with van der Waals surface area (Å²) in [6.07, 6.45) is 5.08. The smallest absolute Gasteiger partial charge is 0.338 e. The molecule has 0 aliphatic heterocycles. The normalized spacial score (nSPS) is 10.6. The minimum Gasteiger partial charge on any atom is -0.462 e. The van der Waals surface area contributed by atoms with Crippen LogP contribution in [0, 0.1) is 6.92 Å². The average molecular weight is 337 g/mol. The lowest BCUT2D eigenvalue weighted by atomic mass is 10.1. The number of unbranched alkanes of at least 4 members (excludes halogenated alkanes) is 1. The topological polar surface area (TPSA) is 55.4 Å². The van der Waals surface area contributed by atoms with Crippen LogP contribution in [0.2, 0.25) is 0 Å². The van der Waals surface area contributed by atoms with E-state index >= 15 is 0 Å². The van der Waals surface area contributed by atoms with Crippen molar-refractivity contribution in [3.63, 3.8) is 0 Å². The van der Waals surface area contributed by atoms with Gasteiger partial charge in [-0.15, -0.1) is 0 Å². The van der Waals surface area contributed by atoms with Gasteiger partial charge in [0.15, 0.2) is 0 Å². The van der Waals surface area contributed by atoms with Crippen LogP contribution in [0.5, 0.6) is 0 Å². The molecular weight excluding hydrogens is 314 g/mol. The number of rotatable bonds is 7. The summed E-state index contributed by atoms with van der Waals surface area (Å²) in [5, 5.41) is 2.76. The zero-order valence-electron chi connectivity index (χ0n) is 14.6. The largest absolute Gasteiger partial charge is 0.462 e. The second kappa shape index (κ2) is 9.42. The van der Waals surface area contributed by atoms with E-state index in [0.29, 0.717) is 17.9 Å². The van der Waals surface area contributed by atoms with E-state index in [1.165, 1.54) is 11.6 Å². The van der Waals surface area contributed by atoms with E-state index in [4.69, 9.17) is 4.74 Å². The van der Waals surface area contributed by atoms with Gasteiger partial charge in [0.05, 0.1) is 12.2 Å². The number of carbonyl (C=O) groups excluding carboxylic acids is 2. The maximum Gasteiger partial charge on any atom is 0.338 e. The second-order valence-corrected chi connectivity index (χ2v) is 5.80. The molecule has 25 heavy (non-hydrogen) atoms. The van der Waals surface area contributed by atoms with Crippen LogP contribution in [0.25, 0.3) is 6.08 Å². The fraction of sp³-hybridized carbons (Fsp3) is 0.238. The molecule has 0 aliphatic rings. The van der Waals surface area contributed by atoms with E-state index in [9.17, 15) is 9.59 Å². The van der Waals surface area contributed by atoms with Crippen molar-refractivity contribution in [3.05, 3.63) is 71.3 Å². The molecule has 0 unspecified atom stereocenters. The summed E-state index contributed by atoms with van der Waals surface area (Å²) in [5.41, 5.74) is 3.24. The standard InChI is InChI=1S/C21H23NO3/c1-3-4-15-25-21(24)18-10-12-19(13-11-18)22-20(23)14-9-17-7-5-16(2)6-8-17/h5-14H,3-4,15H2,1-2H3,(H,22,23)/b14-9+. The van der Waals surface area contributed by atoms with Gasteiger partial charge in [-0.3, -0.25) is 4.79 Å². The monoisotopic (exact) mass is 337 g/mol. The van der Waals surface area contributed by atoms with Crippen molar-refractivity contribution in [2.45, 2.75) is 26.7 Å². The van der Waals surface area contributed by atoms with Crippen molar-refractivity contribution in [2.75, 3.05) is 11.9 Å². The Hall–Kier alpha value is -2.88. The Labute approximate surface area is 148 Å². The highest BCUT2D eigenvalue weighted by atomic mass is 16.5. The van der Waals surface area contributed by atoms with Gasteiger partial charge in [0.25, 0.3) is 0 Å².